The van der Waals surface area contributed by atoms with Crippen molar-refractivity contribution < 1.29 is 25.8 Å². The zero-order valence-electron chi connectivity index (χ0n) is 49.1. The molecule has 0 aliphatic carbocycles. The zero-order chi connectivity index (χ0) is 57.2. The Kier molecular flexibility index (Phi) is 14.7. The van der Waals surface area contributed by atoms with Crippen molar-refractivity contribution in [2.75, 3.05) is 9.80 Å². The van der Waals surface area contributed by atoms with Gasteiger partial charge >= 0.3 is 0 Å². The fourth-order valence-electron chi connectivity index (χ4n) is 11.7. The van der Waals surface area contributed by atoms with Crippen molar-refractivity contribution in [1.29, 1.82) is 0 Å². The molecule has 13 rings (SSSR count). The first kappa shape index (κ1) is 55.8. The molecule has 418 valence electrons. The van der Waals surface area contributed by atoms with Gasteiger partial charge in [-0.15, -0.1) is 47.6 Å². The number of fused-ring (bicyclic) bond motifs is 4. The van der Waals surface area contributed by atoms with Gasteiger partial charge in [0.25, 0.3) is 0 Å². The van der Waals surface area contributed by atoms with Crippen molar-refractivity contribution in [3.8, 4) is 73.0 Å². The van der Waals surface area contributed by atoms with Crippen molar-refractivity contribution in [2.24, 2.45) is 0 Å². The average Bonchev–Trinajstić information content (AvgIpc) is 1.99. The minimum absolute atomic E-state index is 0. The Labute approximate surface area is 510 Å². The van der Waals surface area contributed by atoms with Crippen molar-refractivity contribution in [3.63, 3.8) is 0 Å². The SMILES string of the molecule is CC(C)(C)c1ccc(-c2cccc(-c3ccccc3)c2N2[CH-]N(c3[c-]c(Oc4[c-]c5c(cc4-c4ccccc4)c4cc(-c6ccccc6)ccc4n5-c4cc(C(C)(C)C)c(-c5ccccc5)cn4)cc(C(C)(C)C)c3)c3ccccc32)cc1.[Pt]. The first-order valence-electron chi connectivity index (χ1n) is 28.8. The molecular formula is C78H67N4OPt-3. The van der Waals surface area contributed by atoms with Gasteiger partial charge in [-0.3, -0.25) is 0 Å². The number of pyridine rings is 1. The van der Waals surface area contributed by atoms with Crippen LogP contribution in [0.4, 0.5) is 22.7 Å². The Morgan fingerprint density at radius 1 is 0.417 bits per heavy atom. The van der Waals surface area contributed by atoms with E-state index in [1.165, 1.54) is 11.1 Å². The average molecular weight is 1270 g/mol. The van der Waals surface area contributed by atoms with Gasteiger partial charge in [-0.05, 0) is 84.8 Å². The molecule has 0 amide bonds. The van der Waals surface area contributed by atoms with E-state index >= 15 is 0 Å². The number of para-hydroxylation sites is 3. The maximum atomic E-state index is 7.43. The molecule has 6 heteroatoms. The Balaban J connectivity index is 0.00000694. The molecule has 0 unspecified atom stereocenters. The molecule has 3 heterocycles. The van der Waals surface area contributed by atoms with Crippen molar-refractivity contribution in [2.45, 2.75) is 78.6 Å². The van der Waals surface area contributed by atoms with Crippen LogP contribution in [0.5, 0.6) is 11.5 Å². The molecule has 0 atom stereocenters. The van der Waals surface area contributed by atoms with Crippen LogP contribution in [0, 0.1) is 18.8 Å². The Morgan fingerprint density at radius 3 is 1.52 bits per heavy atom. The number of benzene rings is 10. The van der Waals surface area contributed by atoms with E-state index in [-0.39, 0.29) is 37.3 Å². The van der Waals surface area contributed by atoms with Crippen LogP contribution < -0.4 is 14.5 Å². The maximum absolute atomic E-state index is 7.43. The van der Waals surface area contributed by atoms with Gasteiger partial charge in [0.1, 0.15) is 5.82 Å². The van der Waals surface area contributed by atoms with Crippen LogP contribution >= 0.6 is 0 Å². The Bertz CT molecular complexity index is 4360. The van der Waals surface area contributed by atoms with Gasteiger partial charge in [-0.2, -0.15) is 6.07 Å². The van der Waals surface area contributed by atoms with Crippen LogP contribution in [0.15, 0.2) is 237 Å². The molecule has 1 aliphatic rings. The zero-order valence-corrected chi connectivity index (χ0v) is 51.4. The quantitative estimate of drug-likeness (QED) is 0.128. The van der Waals surface area contributed by atoms with Crippen LogP contribution in [0.2, 0.25) is 0 Å². The van der Waals surface area contributed by atoms with Crippen LogP contribution in [-0.4, -0.2) is 9.55 Å². The van der Waals surface area contributed by atoms with Gasteiger partial charge < -0.3 is 19.1 Å². The molecule has 0 radical (unpaired) electrons. The number of aromatic nitrogens is 2. The van der Waals surface area contributed by atoms with Crippen molar-refractivity contribution >= 4 is 44.6 Å². The van der Waals surface area contributed by atoms with E-state index in [2.05, 4.69) is 326 Å². The second-order valence-corrected chi connectivity index (χ2v) is 25.0. The van der Waals surface area contributed by atoms with E-state index in [1.54, 1.807) is 0 Å². The van der Waals surface area contributed by atoms with Gasteiger partial charge in [-0.25, -0.2) is 4.98 Å². The predicted octanol–water partition coefficient (Wildman–Crippen LogP) is 21.2. The summed E-state index contributed by atoms with van der Waals surface area (Å²) in [4.78, 5) is 9.97. The smallest absolute Gasteiger partial charge is 0.135 e. The number of rotatable bonds is 10. The molecule has 0 saturated heterocycles. The molecule has 0 fully saturated rings. The van der Waals surface area contributed by atoms with Gasteiger partial charge in [0, 0.05) is 78.0 Å². The summed E-state index contributed by atoms with van der Waals surface area (Å²) in [6.07, 6.45) is 2.05. The topological polar surface area (TPSA) is 33.5 Å². The first-order valence-corrected chi connectivity index (χ1v) is 28.8. The number of anilines is 4. The predicted molar refractivity (Wildman–Crippen MR) is 348 cm³/mol. The van der Waals surface area contributed by atoms with E-state index in [1.807, 2.05) is 6.20 Å². The number of hydrogen-bond acceptors (Lipinski definition) is 4. The molecular weight excluding hydrogens is 1200 g/mol. The largest absolute Gasteiger partial charge is 0.509 e. The summed E-state index contributed by atoms with van der Waals surface area (Å²) in [6.45, 7) is 22.6. The van der Waals surface area contributed by atoms with E-state index in [4.69, 9.17) is 9.72 Å². The second-order valence-electron chi connectivity index (χ2n) is 25.0. The van der Waals surface area contributed by atoms with Crippen molar-refractivity contribution in [3.05, 3.63) is 272 Å². The Morgan fingerprint density at radius 2 is 0.940 bits per heavy atom. The summed E-state index contributed by atoms with van der Waals surface area (Å²) >= 11 is 0. The van der Waals surface area contributed by atoms with E-state index in [9.17, 15) is 0 Å². The normalized spacial score (nSPS) is 12.6. The molecule has 2 aromatic heterocycles. The van der Waals surface area contributed by atoms with Gasteiger partial charge in [0.05, 0.1) is 0 Å². The summed E-state index contributed by atoms with van der Waals surface area (Å²) < 4.78 is 9.71. The van der Waals surface area contributed by atoms with Crippen molar-refractivity contribution in [1.82, 2.24) is 9.55 Å². The standard InChI is InChI=1S/C78H67N4O.Pt/c1-76(2,3)58-40-37-56(38-41-58)63-34-24-33-62(53-27-16-11-17-28-53)75(63)81-51-80(70-35-22-23-36-71(70)81)60-44-59(77(4,5)6)45-61(46-60)83-73-49-72-66(47-64(73)54-29-18-12-19-30-54)65-43-57(52-25-14-10-15-26-52)39-42-69(65)82(72)74-48-68(78(7,8)9)67(50-79-74)55-31-20-13-21-32-55;/h10-45,47-48,50-51H,1-9H3;/q-3;. The third-order valence-electron chi connectivity index (χ3n) is 16.2. The summed E-state index contributed by atoms with van der Waals surface area (Å²) in [7, 11) is 0. The molecule has 10 aromatic carbocycles. The summed E-state index contributed by atoms with van der Waals surface area (Å²) in [5.74, 6) is 1.99. The second kappa shape index (κ2) is 22.1. The third-order valence-corrected chi connectivity index (χ3v) is 16.2. The monoisotopic (exact) mass is 1270 g/mol. The maximum Gasteiger partial charge on any atom is 0.135 e. The molecule has 0 saturated carbocycles. The minimum atomic E-state index is -0.256. The van der Waals surface area contributed by atoms with Gasteiger partial charge in [0.2, 0.25) is 0 Å². The van der Waals surface area contributed by atoms with E-state index in [0.717, 1.165) is 112 Å². The molecule has 5 nitrogen and oxygen atoms in total. The Hall–Kier alpha value is -8.76. The van der Waals surface area contributed by atoms with Crippen LogP contribution in [-0.2, 0) is 37.3 Å². The summed E-state index contributed by atoms with van der Waals surface area (Å²) in [5, 5.41) is 2.15. The molecule has 1 aliphatic heterocycles. The van der Waals surface area contributed by atoms with Crippen LogP contribution in [0.1, 0.15) is 79.0 Å². The number of nitrogens with zero attached hydrogens (tertiary/aromatic N) is 4. The minimum Gasteiger partial charge on any atom is -0.509 e. The number of ether oxygens (including phenoxy) is 1. The fourth-order valence-corrected chi connectivity index (χ4v) is 11.7. The van der Waals surface area contributed by atoms with Gasteiger partial charge in [0.15, 0.2) is 0 Å². The first-order chi connectivity index (χ1) is 40.0. The van der Waals surface area contributed by atoms with Crippen LogP contribution in [0.3, 0.4) is 0 Å². The van der Waals surface area contributed by atoms with Crippen LogP contribution in [0.25, 0.3) is 83.3 Å². The summed E-state index contributed by atoms with van der Waals surface area (Å²) in [6, 6.07) is 90.5. The summed E-state index contributed by atoms with van der Waals surface area (Å²) in [5.41, 5.74) is 20.2. The van der Waals surface area contributed by atoms with Gasteiger partial charge in [-0.1, -0.05) is 267 Å². The molecule has 84 heavy (non-hydrogen) atoms. The molecule has 0 bridgehead atoms. The molecule has 0 N–H and O–H groups in total. The molecule has 0 spiro atoms. The van der Waals surface area contributed by atoms with E-state index < -0.39 is 0 Å². The molecule has 12 aromatic rings. The van der Waals surface area contributed by atoms with E-state index in [0.29, 0.717) is 11.5 Å². The fraction of sp³-hybridized carbons (Fsp3) is 0.154. The number of hydrogen-bond donors (Lipinski definition) is 0. The third kappa shape index (κ3) is 10.6.